The Morgan fingerprint density at radius 2 is 1.88 bits per heavy atom. The molecule has 1 heterocycles. The van der Waals surface area contributed by atoms with Crippen molar-refractivity contribution in [3.63, 3.8) is 0 Å². The summed E-state index contributed by atoms with van der Waals surface area (Å²) in [7, 11) is 0. The molecule has 2 aromatic carbocycles. The van der Waals surface area contributed by atoms with Crippen LogP contribution in [0.2, 0.25) is 0 Å². The van der Waals surface area contributed by atoms with Gasteiger partial charge in [0.15, 0.2) is 11.5 Å². The van der Waals surface area contributed by atoms with Gasteiger partial charge in [0.1, 0.15) is 5.57 Å². The summed E-state index contributed by atoms with van der Waals surface area (Å²) in [6, 6.07) is 8.94. The Labute approximate surface area is 183 Å². The molecule has 0 aromatic heterocycles. The lowest BCUT2D eigenvalue weighted by Crippen LogP contribution is -2.54. The van der Waals surface area contributed by atoms with Crippen molar-refractivity contribution in [2.45, 2.75) is 26.9 Å². The molecule has 0 spiro atoms. The summed E-state index contributed by atoms with van der Waals surface area (Å²) in [5, 5.41) is 13.1. The van der Waals surface area contributed by atoms with Gasteiger partial charge in [-0.05, 0) is 50.6 Å². The molecular weight excluding hydrogens is 418 g/mol. The number of nitro benzene ring substituents is 1. The second kappa shape index (κ2) is 9.29. The third-order valence-electron chi connectivity index (χ3n) is 4.34. The van der Waals surface area contributed by atoms with Crippen molar-refractivity contribution in [3.8, 4) is 11.5 Å². The van der Waals surface area contributed by atoms with E-state index in [1.807, 2.05) is 20.8 Å². The Bertz CT molecular complexity index is 1120. The molecular formula is C22H21N3O7. The van der Waals surface area contributed by atoms with Crippen LogP contribution < -0.4 is 19.7 Å². The summed E-state index contributed by atoms with van der Waals surface area (Å²) >= 11 is 0. The van der Waals surface area contributed by atoms with Crippen molar-refractivity contribution < 1.29 is 28.8 Å². The predicted molar refractivity (Wildman–Crippen MR) is 115 cm³/mol. The van der Waals surface area contributed by atoms with Gasteiger partial charge in [0, 0.05) is 12.1 Å². The van der Waals surface area contributed by atoms with E-state index in [1.54, 1.807) is 18.2 Å². The molecule has 2 aromatic rings. The third-order valence-corrected chi connectivity index (χ3v) is 4.34. The standard InChI is InChI=1S/C22H21N3O7/c1-4-31-19-11-14(8-9-18(19)32-13(2)3)10-17-20(26)23-22(28)24(21(17)27)15-6-5-7-16(12-15)25(29)30/h5-13H,4H2,1-3H3,(H,23,26,28)/b17-10+. The molecule has 32 heavy (non-hydrogen) atoms. The fourth-order valence-electron chi connectivity index (χ4n) is 3.04. The summed E-state index contributed by atoms with van der Waals surface area (Å²) in [6.07, 6.45) is 1.23. The number of urea groups is 1. The molecule has 0 atom stereocenters. The van der Waals surface area contributed by atoms with Crippen LogP contribution in [0, 0.1) is 10.1 Å². The maximum absolute atomic E-state index is 13.0. The van der Waals surface area contributed by atoms with Crippen LogP contribution in [0.3, 0.4) is 0 Å². The smallest absolute Gasteiger partial charge is 0.335 e. The monoisotopic (exact) mass is 439 g/mol. The maximum atomic E-state index is 13.0. The van der Waals surface area contributed by atoms with Crippen LogP contribution in [0.15, 0.2) is 48.0 Å². The number of rotatable bonds is 7. The van der Waals surface area contributed by atoms with Gasteiger partial charge in [0.2, 0.25) is 0 Å². The SMILES string of the molecule is CCOc1cc(/C=C2\C(=O)NC(=O)N(c3cccc([N+](=O)[O-])c3)C2=O)ccc1OC(C)C. The van der Waals surface area contributed by atoms with E-state index in [9.17, 15) is 24.5 Å². The molecule has 0 aliphatic carbocycles. The van der Waals surface area contributed by atoms with Gasteiger partial charge in [-0.1, -0.05) is 12.1 Å². The molecule has 1 saturated heterocycles. The van der Waals surface area contributed by atoms with Crippen LogP contribution in [-0.4, -0.2) is 35.5 Å². The number of non-ortho nitro benzene ring substituents is 1. The highest BCUT2D eigenvalue weighted by Gasteiger charge is 2.37. The number of carbonyl (C=O) groups excluding carboxylic acids is 3. The zero-order valence-electron chi connectivity index (χ0n) is 17.7. The quantitative estimate of drug-likeness (QED) is 0.303. The summed E-state index contributed by atoms with van der Waals surface area (Å²) in [6.45, 7) is 5.93. The van der Waals surface area contributed by atoms with Crippen LogP contribution in [0.4, 0.5) is 16.2 Å². The molecule has 10 heteroatoms. The first kappa shape index (κ1) is 22.5. The summed E-state index contributed by atoms with van der Waals surface area (Å²) in [5.74, 6) is -0.829. The molecule has 1 N–H and O–H groups in total. The number of hydrogen-bond donors (Lipinski definition) is 1. The minimum absolute atomic E-state index is 0.0317. The number of nitrogens with one attached hydrogen (secondary N) is 1. The van der Waals surface area contributed by atoms with E-state index in [1.165, 1.54) is 24.3 Å². The van der Waals surface area contributed by atoms with Gasteiger partial charge in [0.05, 0.1) is 23.3 Å². The first-order valence-corrected chi connectivity index (χ1v) is 9.80. The third kappa shape index (κ3) is 4.75. The van der Waals surface area contributed by atoms with Crippen molar-refractivity contribution in [1.82, 2.24) is 5.32 Å². The number of nitrogens with zero attached hydrogens (tertiary/aromatic N) is 2. The lowest BCUT2D eigenvalue weighted by molar-refractivity contribution is -0.384. The highest BCUT2D eigenvalue weighted by atomic mass is 16.6. The number of barbiturate groups is 1. The van der Waals surface area contributed by atoms with Gasteiger partial charge in [-0.25, -0.2) is 9.69 Å². The van der Waals surface area contributed by atoms with Crippen LogP contribution in [0.1, 0.15) is 26.3 Å². The average Bonchev–Trinajstić information content (AvgIpc) is 2.73. The van der Waals surface area contributed by atoms with Crippen molar-refractivity contribution in [2.24, 2.45) is 0 Å². The van der Waals surface area contributed by atoms with Crippen molar-refractivity contribution >= 4 is 35.3 Å². The van der Waals surface area contributed by atoms with Crippen molar-refractivity contribution in [3.05, 3.63) is 63.7 Å². The van der Waals surface area contributed by atoms with E-state index in [4.69, 9.17) is 9.47 Å². The van der Waals surface area contributed by atoms with Gasteiger partial charge < -0.3 is 9.47 Å². The van der Waals surface area contributed by atoms with Gasteiger partial charge >= 0.3 is 6.03 Å². The Morgan fingerprint density at radius 1 is 1.12 bits per heavy atom. The number of benzene rings is 2. The predicted octanol–water partition coefficient (Wildman–Crippen LogP) is 3.45. The topological polar surface area (TPSA) is 128 Å². The molecule has 10 nitrogen and oxygen atoms in total. The Kier molecular flexibility index (Phi) is 6.53. The van der Waals surface area contributed by atoms with Crippen LogP contribution in [-0.2, 0) is 9.59 Å². The highest BCUT2D eigenvalue weighted by molar-refractivity contribution is 6.39. The first-order chi connectivity index (χ1) is 15.2. The van der Waals surface area contributed by atoms with Gasteiger partial charge in [0.25, 0.3) is 17.5 Å². The number of anilines is 1. The second-order valence-electron chi connectivity index (χ2n) is 7.04. The Hall–Kier alpha value is -4.21. The summed E-state index contributed by atoms with van der Waals surface area (Å²) in [4.78, 5) is 48.8. The fraction of sp³-hybridized carbons (Fsp3) is 0.227. The van der Waals surface area contributed by atoms with E-state index >= 15 is 0 Å². The molecule has 0 radical (unpaired) electrons. The maximum Gasteiger partial charge on any atom is 0.335 e. The second-order valence-corrected chi connectivity index (χ2v) is 7.04. The summed E-state index contributed by atoms with van der Waals surface area (Å²) in [5.41, 5.74) is -0.170. The molecule has 4 amide bonds. The molecule has 0 bridgehead atoms. The molecule has 0 unspecified atom stereocenters. The lowest BCUT2D eigenvalue weighted by Gasteiger charge is -2.26. The van der Waals surface area contributed by atoms with Gasteiger partial charge in [-0.2, -0.15) is 0 Å². The zero-order chi connectivity index (χ0) is 23.4. The van der Waals surface area contributed by atoms with Gasteiger partial charge in [-0.15, -0.1) is 0 Å². The molecule has 166 valence electrons. The zero-order valence-corrected chi connectivity index (χ0v) is 17.7. The minimum atomic E-state index is -0.992. The lowest BCUT2D eigenvalue weighted by atomic mass is 10.1. The van der Waals surface area contributed by atoms with Crippen molar-refractivity contribution in [1.29, 1.82) is 0 Å². The van der Waals surface area contributed by atoms with Crippen LogP contribution in [0.25, 0.3) is 6.08 Å². The minimum Gasteiger partial charge on any atom is -0.490 e. The number of carbonyl (C=O) groups is 3. The largest absolute Gasteiger partial charge is 0.490 e. The van der Waals surface area contributed by atoms with E-state index in [0.717, 1.165) is 6.07 Å². The first-order valence-electron chi connectivity index (χ1n) is 9.80. The van der Waals surface area contributed by atoms with Gasteiger partial charge in [-0.3, -0.25) is 25.0 Å². The van der Waals surface area contributed by atoms with Crippen LogP contribution >= 0.6 is 0 Å². The Balaban J connectivity index is 2.00. The molecule has 3 rings (SSSR count). The average molecular weight is 439 g/mol. The number of imide groups is 2. The highest BCUT2D eigenvalue weighted by Crippen LogP contribution is 2.31. The van der Waals surface area contributed by atoms with E-state index in [-0.39, 0.29) is 23.1 Å². The molecule has 1 fully saturated rings. The van der Waals surface area contributed by atoms with E-state index in [0.29, 0.717) is 28.6 Å². The van der Waals surface area contributed by atoms with E-state index < -0.39 is 22.8 Å². The fourth-order valence-corrected chi connectivity index (χ4v) is 3.04. The van der Waals surface area contributed by atoms with Crippen LogP contribution in [0.5, 0.6) is 11.5 Å². The normalized spacial score (nSPS) is 15.2. The molecule has 0 saturated carbocycles. The van der Waals surface area contributed by atoms with E-state index in [2.05, 4.69) is 5.32 Å². The molecule has 1 aliphatic heterocycles. The molecule has 1 aliphatic rings. The Morgan fingerprint density at radius 3 is 2.53 bits per heavy atom. The number of amides is 4. The number of hydrogen-bond acceptors (Lipinski definition) is 7. The van der Waals surface area contributed by atoms with Crippen molar-refractivity contribution in [2.75, 3.05) is 11.5 Å². The summed E-state index contributed by atoms with van der Waals surface area (Å²) < 4.78 is 11.3. The number of ether oxygens (including phenoxy) is 2. The number of nitro groups is 1.